The van der Waals surface area contributed by atoms with Crippen LogP contribution >= 0.6 is 23.2 Å². The highest BCUT2D eigenvalue weighted by molar-refractivity contribution is 7.93. The molecule has 0 amide bonds. The van der Waals surface area contributed by atoms with Gasteiger partial charge in [-0.15, -0.1) is 0 Å². The minimum Gasteiger partial charge on any atom is -0.275 e. The van der Waals surface area contributed by atoms with Gasteiger partial charge in [0.05, 0.1) is 10.0 Å². The smallest absolute Gasteiger partial charge is 0.265 e. The van der Waals surface area contributed by atoms with E-state index < -0.39 is 32.5 Å². The van der Waals surface area contributed by atoms with Gasteiger partial charge in [-0.05, 0) is 24.3 Å². The summed E-state index contributed by atoms with van der Waals surface area (Å²) in [7, 11) is -4.23. The number of pyridine rings is 1. The molecular weight excluding hydrogens is 333 g/mol. The van der Waals surface area contributed by atoms with E-state index in [4.69, 9.17) is 23.2 Å². The average Bonchev–Trinajstić information content (AvgIpc) is 2.32. The first-order chi connectivity index (χ1) is 9.31. The van der Waals surface area contributed by atoms with Gasteiger partial charge in [0, 0.05) is 0 Å². The fourth-order valence-electron chi connectivity index (χ4n) is 1.42. The van der Waals surface area contributed by atoms with Gasteiger partial charge in [0.15, 0.2) is 0 Å². The van der Waals surface area contributed by atoms with E-state index in [1.54, 1.807) is 0 Å². The molecule has 1 N–H and O–H groups in total. The van der Waals surface area contributed by atoms with Gasteiger partial charge < -0.3 is 0 Å². The lowest BCUT2D eigenvalue weighted by Crippen LogP contribution is -2.15. The van der Waals surface area contributed by atoms with E-state index >= 15 is 0 Å². The molecule has 0 aliphatic carbocycles. The minimum absolute atomic E-state index is 0.125. The van der Waals surface area contributed by atoms with Gasteiger partial charge in [0.1, 0.15) is 10.6 Å². The largest absolute Gasteiger partial charge is 0.275 e. The molecule has 0 aliphatic heterocycles. The molecule has 1 heterocycles. The van der Waals surface area contributed by atoms with Gasteiger partial charge in [0.2, 0.25) is 11.9 Å². The van der Waals surface area contributed by atoms with Crippen molar-refractivity contribution in [1.29, 1.82) is 0 Å². The second-order valence-corrected chi connectivity index (χ2v) is 6.06. The van der Waals surface area contributed by atoms with E-state index in [-0.39, 0.29) is 10.0 Å². The van der Waals surface area contributed by atoms with Crippen LogP contribution in [0.5, 0.6) is 0 Å². The Bertz CT molecular complexity index is 749. The fourth-order valence-corrected chi connectivity index (χ4v) is 3.62. The Labute approximate surface area is 123 Å². The zero-order valence-corrected chi connectivity index (χ0v) is 11.9. The van der Waals surface area contributed by atoms with Crippen LogP contribution in [0.15, 0.2) is 35.2 Å². The number of rotatable bonds is 3. The predicted molar refractivity (Wildman–Crippen MR) is 71.4 cm³/mol. The third-order valence-electron chi connectivity index (χ3n) is 2.25. The Balaban J connectivity index is 2.46. The molecule has 0 bridgehead atoms. The molecule has 1 aromatic heterocycles. The maximum absolute atomic E-state index is 13.4. The first kappa shape index (κ1) is 15.0. The molecule has 106 valence electrons. The van der Waals surface area contributed by atoms with Crippen LogP contribution in [-0.4, -0.2) is 13.4 Å². The van der Waals surface area contributed by atoms with E-state index in [0.717, 1.165) is 12.1 Å². The van der Waals surface area contributed by atoms with E-state index in [1.807, 2.05) is 4.72 Å². The Morgan fingerprint density at radius 2 is 1.65 bits per heavy atom. The number of anilines is 1. The first-order valence-electron chi connectivity index (χ1n) is 5.10. The summed E-state index contributed by atoms with van der Waals surface area (Å²) in [6.45, 7) is 0. The Kier molecular flexibility index (Phi) is 4.12. The summed E-state index contributed by atoms with van der Waals surface area (Å²) >= 11 is 11.5. The first-order valence-corrected chi connectivity index (χ1v) is 7.34. The molecule has 1 aromatic carbocycles. The van der Waals surface area contributed by atoms with Gasteiger partial charge in [0.25, 0.3) is 10.0 Å². The zero-order valence-electron chi connectivity index (χ0n) is 9.57. The number of hydrogen-bond acceptors (Lipinski definition) is 3. The molecule has 20 heavy (non-hydrogen) atoms. The highest BCUT2D eigenvalue weighted by Crippen LogP contribution is 2.30. The van der Waals surface area contributed by atoms with E-state index in [9.17, 15) is 17.2 Å². The van der Waals surface area contributed by atoms with Crippen LogP contribution in [0.1, 0.15) is 0 Å². The molecule has 0 atom stereocenters. The van der Waals surface area contributed by atoms with Crippen LogP contribution in [0.25, 0.3) is 0 Å². The zero-order chi connectivity index (χ0) is 14.9. The number of nitrogens with one attached hydrogen (secondary N) is 1. The van der Waals surface area contributed by atoms with E-state index in [2.05, 4.69) is 4.98 Å². The second-order valence-electron chi connectivity index (χ2n) is 3.63. The van der Waals surface area contributed by atoms with Crippen molar-refractivity contribution < 1.29 is 17.2 Å². The quantitative estimate of drug-likeness (QED) is 0.871. The highest BCUT2D eigenvalue weighted by atomic mass is 35.5. The predicted octanol–water partition coefficient (Wildman–Crippen LogP) is 3.47. The monoisotopic (exact) mass is 338 g/mol. The molecule has 0 fully saturated rings. The van der Waals surface area contributed by atoms with Crippen LogP contribution in [-0.2, 0) is 10.0 Å². The summed E-state index contributed by atoms with van der Waals surface area (Å²) in [6.07, 6.45) is 0. The van der Waals surface area contributed by atoms with Crippen molar-refractivity contribution in [3.63, 3.8) is 0 Å². The van der Waals surface area contributed by atoms with Crippen molar-refractivity contribution in [2.24, 2.45) is 0 Å². The number of halogens is 4. The van der Waals surface area contributed by atoms with Crippen molar-refractivity contribution in [2.45, 2.75) is 4.90 Å². The van der Waals surface area contributed by atoms with Gasteiger partial charge in [-0.3, -0.25) is 4.72 Å². The summed E-state index contributed by atoms with van der Waals surface area (Å²) in [5.74, 6) is -2.36. The van der Waals surface area contributed by atoms with Crippen molar-refractivity contribution in [2.75, 3.05) is 4.72 Å². The molecule has 4 nitrogen and oxygen atoms in total. The molecule has 0 saturated heterocycles. The van der Waals surface area contributed by atoms with Crippen LogP contribution < -0.4 is 4.72 Å². The fraction of sp³-hybridized carbons (Fsp3) is 0. The molecule has 9 heteroatoms. The minimum atomic E-state index is -4.23. The summed E-state index contributed by atoms with van der Waals surface area (Å²) in [4.78, 5) is 2.47. The molecular formula is C11H6Cl2F2N2O2S. The number of aromatic nitrogens is 1. The number of nitrogens with zero attached hydrogens (tertiary/aromatic N) is 1. The second kappa shape index (κ2) is 5.51. The Morgan fingerprint density at radius 1 is 1.05 bits per heavy atom. The van der Waals surface area contributed by atoms with Gasteiger partial charge in [-0.25, -0.2) is 8.42 Å². The lowest BCUT2D eigenvalue weighted by atomic mass is 10.4. The summed E-state index contributed by atoms with van der Waals surface area (Å²) < 4.78 is 52.1. The molecule has 0 saturated carbocycles. The van der Waals surface area contributed by atoms with Crippen LogP contribution in [0.2, 0.25) is 10.0 Å². The number of hydrogen-bond donors (Lipinski definition) is 1. The molecule has 2 aromatic rings. The van der Waals surface area contributed by atoms with Gasteiger partial charge in [-0.2, -0.15) is 13.8 Å². The lowest BCUT2D eigenvalue weighted by molar-refractivity contribution is 0.515. The topological polar surface area (TPSA) is 59.1 Å². The summed E-state index contributed by atoms with van der Waals surface area (Å²) in [5, 5.41) is -0.249. The van der Waals surface area contributed by atoms with Gasteiger partial charge in [-0.1, -0.05) is 29.3 Å². The maximum Gasteiger partial charge on any atom is 0.265 e. The number of benzene rings is 1. The third-order valence-corrected chi connectivity index (χ3v) is 4.57. The van der Waals surface area contributed by atoms with E-state index in [0.29, 0.717) is 0 Å². The molecule has 2 rings (SSSR count). The molecule has 0 aliphatic rings. The van der Waals surface area contributed by atoms with Crippen LogP contribution in [0.4, 0.5) is 14.5 Å². The van der Waals surface area contributed by atoms with E-state index in [1.165, 1.54) is 18.2 Å². The van der Waals surface area contributed by atoms with Crippen molar-refractivity contribution in [3.8, 4) is 0 Å². The summed E-state index contributed by atoms with van der Waals surface area (Å²) in [5.41, 5.74) is -0.512. The molecule has 0 radical (unpaired) electrons. The van der Waals surface area contributed by atoms with Crippen molar-refractivity contribution >= 4 is 38.9 Å². The number of sulfonamides is 1. The third kappa shape index (κ3) is 3.00. The van der Waals surface area contributed by atoms with Crippen LogP contribution in [0.3, 0.4) is 0 Å². The SMILES string of the molecule is O=S(=O)(Nc1ccc(F)nc1F)c1c(Cl)cccc1Cl. The Morgan fingerprint density at radius 3 is 2.20 bits per heavy atom. The van der Waals surface area contributed by atoms with Gasteiger partial charge >= 0.3 is 0 Å². The average molecular weight is 339 g/mol. The van der Waals surface area contributed by atoms with Crippen molar-refractivity contribution in [1.82, 2.24) is 4.98 Å². The maximum atomic E-state index is 13.4. The highest BCUT2D eigenvalue weighted by Gasteiger charge is 2.23. The van der Waals surface area contributed by atoms with Crippen molar-refractivity contribution in [3.05, 3.63) is 52.3 Å². The molecule has 0 unspecified atom stereocenters. The summed E-state index contributed by atoms with van der Waals surface area (Å²) in [6, 6.07) is 5.82. The van der Waals surface area contributed by atoms with Crippen LogP contribution in [0, 0.1) is 11.9 Å². The standard InChI is InChI=1S/C11H6Cl2F2N2O2S/c12-6-2-1-3-7(13)10(6)20(18,19)17-8-4-5-9(14)16-11(8)15/h1-5,17H. The lowest BCUT2D eigenvalue weighted by Gasteiger charge is -2.11. The Hall–Kier alpha value is -1.44. The normalized spacial score (nSPS) is 11.4. The molecule has 0 spiro atoms.